The van der Waals surface area contributed by atoms with E-state index in [2.05, 4.69) is 27.2 Å². The van der Waals surface area contributed by atoms with Crippen LogP contribution in [0.15, 0.2) is 0 Å². The summed E-state index contributed by atoms with van der Waals surface area (Å²) < 4.78 is 1.20. The van der Waals surface area contributed by atoms with Crippen molar-refractivity contribution in [3.63, 3.8) is 0 Å². The van der Waals surface area contributed by atoms with Gasteiger partial charge >= 0.3 is 0 Å². The number of nitrogens with zero attached hydrogens (tertiary/aromatic N) is 1. The number of hydrogen-bond donors (Lipinski definition) is 0. The van der Waals surface area contributed by atoms with Crippen molar-refractivity contribution >= 4 is 11.8 Å². The molecule has 0 bridgehead atoms. The predicted octanol–water partition coefficient (Wildman–Crippen LogP) is 1.79. The summed E-state index contributed by atoms with van der Waals surface area (Å²) >= 11 is 1.93. The second-order valence-electron chi connectivity index (χ2n) is 2.67. The number of hydrogen-bond acceptors (Lipinski definition) is 1. The molecule has 0 amide bonds. The van der Waals surface area contributed by atoms with Gasteiger partial charge in [-0.2, -0.15) is 0 Å². The summed E-state index contributed by atoms with van der Waals surface area (Å²) in [5.74, 6) is 1.24. The second kappa shape index (κ2) is 4.18. The Kier molecular flexibility index (Phi) is 4.32. The minimum absolute atomic E-state index is 1.20. The average Bonchev–Trinajstić information content (AvgIpc) is 1.89. The molecule has 0 aromatic carbocycles. The molecule has 9 heavy (non-hydrogen) atoms. The topological polar surface area (TPSA) is 0 Å². The van der Waals surface area contributed by atoms with Crippen LogP contribution in [0.25, 0.3) is 0 Å². The summed E-state index contributed by atoms with van der Waals surface area (Å²) in [4.78, 5) is 0. The number of rotatable bonds is 4. The van der Waals surface area contributed by atoms with Crippen molar-refractivity contribution in [2.45, 2.75) is 13.8 Å². The lowest BCUT2D eigenvalue weighted by Gasteiger charge is -2.30. The molecule has 0 heterocycles. The molecule has 0 saturated carbocycles. The van der Waals surface area contributed by atoms with Gasteiger partial charge in [-0.05, 0) is 20.1 Å². The van der Waals surface area contributed by atoms with Crippen LogP contribution in [-0.2, 0) is 0 Å². The van der Waals surface area contributed by atoms with E-state index in [1.165, 1.54) is 23.4 Å². The molecule has 0 aromatic heterocycles. The van der Waals surface area contributed by atoms with Crippen LogP contribution in [0.3, 0.4) is 0 Å². The first-order valence-electron chi connectivity index (χ1n) is 3.51. The van der Waals surface area contributed by atoms with Gasteiger partial charge in [-0.25, -0.2) is 0 Å². The van der Waals surface area contributed by atoms with Crippen molar-refractivity contribution in [3.8, 4) is 0 Å². The molecule has 0 aromatic rings. The molecule has 0 aliphatic heterocycles. The van der Waals surface area contributed by atoms with Gasteiger partial charge in [0.1, 0.15) is 5.88 Å². The molecule has 0 aliphatic carbocycles. The highest BCUT2D eigenvalue weighted by molar-refractivity contribution is 7.98. The highest BCUT2D eigenvalue weighted by Gasteiger charge is 2.13. The van der Waals surface area contributed by atoms with Crippen LogP contribution in [0, 0.1) is 0 Å². The highest BCUT2D eigenvalue weighted by atomic mass is 32.2. The molecule has 0 fully saturated rings. The first kappa shape index (κ1) is 9.31. The number of thioether (sulfide) groups is 1. The van der Waals surface area contributed by atoms with Gasteiger partial charge in [0.05, 0.1) is 20.1 Å². The van der Waals surface area contributed by atoms with Crippen molar-refractivity contribution < 1.29 is 4.48 Å². The molecule has 0 saturated heterocycles. The minimum atomic E-state index is 1.20. The summed E-state index contributed by atoms with van der Waals surface area (Å²) in [5.41, 5.74) is 0. The van der Waals surface area contributed by atoms with Gasteiger partial charge in [-0.3, -0.25) is 0 Å². The van der Waals surface area contributed by atoms with E-state index in [1.807, 2.05) is 11.8 Å². The zero-order chi connectivity index (χ0) is 7.33. The SMILES string of the molecule is CC[N+](C)(CC)CSC. The van der Waals surface area contributed by atoms with Crippen LogP contribution in [0.1, 0.15) is 13.8 Å². The Morgan fingerprint density at radius 2 is 1.67 bits per heavy atom. The minimum Gasteiger partial charge on any atom is -0.318 e. The maximum atomic E-state index is 2.30. The maximum absolute atomic E-state index is 2.30. The molecule has 0 rings (SSSR count). The van der Waals surface area contributed by atoms with Crippen molar-refractivity contribution in [3.05, 3.63) is 0 Å². The Morgan fingerprint density at radius 3 is 1.78 bits per heavy atom. The van der Waals surface area contributed by atoms with Crippen molar-refractivity contribution in [1.82, 2.24) is 0 Å². The zero-order valence-electron chi connectivity index (χ0n) is 6.98. The third-order valence-electron chi connectivity index (χ3n) is 1.97. The highest BCUT2D eigenvalue weighted by Crippen LogP contribution is 2.07. The van der Waals surface area contributed by atoms with E-state index >= 15 is 0 Å². The normalized spacial score (nSPS) is 12.0. The van der Waals surface area contributed by atoms with Crippen molar-refractivity contribution in [2.24, 2.45) is 0 Å². The molecule has 1 nitrogen and oxygen atoms in total. The van der Waals surface area contributed by atoms with Crippen LogP contribution in [0.2, 0.25) is 0 Å². The fourth-order valence-corrected chi connectivity index (χ4v) is 1.71. The van der Waals surface area contributed by atoms with Crippen LogP contribution in [0.5, 0.6) is 0 Å². The summed E-state index contributed by atoms with van der Waals surface area (Å²) in [6.45, 7) is 6.99. The Balaban J connectivity index is 3.62. The lowest BCUT2D eigenvalue weighted by Crippen LogP contribution is -2.42. The van der Waals surface area contributed by atoms with Gasteiger partial charge in [-0.15, -0.1) is 11.8 Å². The fourth-order valence-electron chi connectivity index (χ4n) is 0.718. The molecule has 0 unspecified atom stereocenters. The number of quaternary nitrogens is 1. The Labute approximate surface area is 63.0 Å². The van der Waals surface area contributed by atoms with E-state index in [1.54, 1.807) is 0 Å². The summed E-state index contributed by atoms with van der Waals surface area (Å²) in [6, 6.07) is 0. The van der Waals surface area contributed by atoms with Gasteiger partial charge < -0.3 is 4.48 Å². The van der Waals surface area contributed by atoms with Crippen molar-refractivity contribution in [2.75, 3.05) is 32.3 Å². The maximum Gasteiger partial charge on any atom is 0.125 e. The molecule has 56 valence electrons. The van der Waals surface area contributed by atoms with Crippen LogP contribution in [0.4, 0.5) is 0 Å². The van der Waals surface area contributed by atoms with Crippen LogP contribution in [-0.4, -0.2) is 36.8 Å². The molecular weight excluding hydrogens is 130 g/mol. The Morgan fingerprint density at radius 1 is 1.22 bits per heavy atom. The van der Waals surface area contributed by atoms with E-state index in [0.29, 0.717) is 0 Å². The van der Waals surface area contributed by atoms with Gasteiger partial charge in [-0.1, -0.05) is 0 Å². The molecule has 0 atom stereocenters. The van der Waals surface area contributed by atoms with Gasteiger partial charge in [0.15, 0.2) is 0 Å². The Hall–Kier alpha value is 0.310. The first-order valence-corrected chi connectivity index (χ1v) is 4.90. The zero-order valence-corrected chi connectivity index (χ0v) is 7.79. The summed E-state index contributed by atoms with van der Waals surface area (Å²) in [5, 5.41) is 0. The molecule has 0 N–H and O–H groups in total. The third kappa shape index (κ3) is 3.11. The molecule has 2 heteroatoms. The molecule has 0 radical (unpaired) electrons. The Bertz CT molecular complexity index is 69.3. The summed E-state index contributed by atoms with van der Waals surface area (Å²) in [6.07, 6.45) is 2.17. The average molecular weight is 148 g/mol. The van der Waals surface area contributed by atoms with E-state index in [4.69, 9.17) is 0 Å². The second-order valence-corrected chi connectivity index (χ2v) is 3.51. The monoisotopic (exact) mass is 148 g/mol. The fraction of sp³-hybridized carbons (Fsp3) is 1.00. The van der Waals surface area contributed by atoms with E-state index < -0.39 is 0 Å². The van der Waals surface area contributed by atoms with Crippen LogP contribution < -0.4 is 0 Å². The standard InChI is InChI=1S/C7H18NS/c1-5-8(3,6-2)7-9-4/h5-7H2,1-4H3/q+1. The lowest BCUT2D eigenvalue weighted by molar-refractivity contribution is -0.893. The molecule has 0 aliphatic rings. The van der Waals surface area contributed by atoms with E-state index in [0.717, 1.165) is 0 Å². The quantitative estimate of drug-likeness (QED) is 0.433. The van der Waals surface area contributed by atoms with Gasteiger partial charge in [0.25, 0.3) is 0 Å². The lowest BCUT2D eigenvalue weighted by atomic mass is 10.5. The first-order chi connectivity index (χ1) is 4.18. The summed E-state index contributed by atoms with van der Waals surface area (Å²) in [7, 11) is 2.30. The van der Waals surface area contributed by atoms with Gasteiger partial charge in [0.2, 0.25) is 0 Å². The van der Waals surface area contributed by atoms with E-state index in [-0.39, 0.29) is 0 Å². The third-order valence-corrected chi connectivity index (χ3v) is 2.85. The largest absolute Gasteiger partial charge is 0.318 e. The van der Waals surface area contributed by atoms with Crippen LogP contribution >= 0.6 is 11.8 Å². The smallest absolute Gasteiger partial charge is 0.125 e. The van der Waals surface area contributed by atoms with E-state index in [9.17, 15) is 0 Å². The van der Waals surface area contributed by atoms with Crippen molar-refractivity contribution in [1.29, 1.82) is 0 Å². The predicted molar refractivity (Wildman–Crippen MR) is 45.6 cm³/mol. The molecular formula is C7H18NS+. The molecule has 0 spiro atoms. The van der Waals surface area contributed by atoms with Gasteiger partial charge in [0, 0.05) is 0 Å².